The fourth-order valence-electron chi connectivity index (χ4n) is 1.94. The number of nitro groups is 1. The average Bonchev–Trinajstić information content (AvgIpc) is 2.43. The zero-order valence-corrected chi connectivity index (χ0v) is 12.2. The van der Waals surface area contributed by atoms with Crippen LogP contribution in [0, 0.1) is 10.1 Å². The molecule has 114 valence electrons. The highest BCUT2D eigenvalue weighted by Gasteiger charge is 2.23. The smallest absolute Gasteiger partial charge is 0.331 e. The molecule has 0 saturated heterocycles. The van der Waals surface area contributed by atoms with Gasteiger partial charge in [0.1, 0.15) is 6.10 Å². The minimum absolute atomic E-state index is 0.119. The van der Waals surface area contributed by atoms with Gasteiger partial charge in [-0.25, -0.2) is 4.79 Å². The monoisotopic (exact) mass is 293 g/mol. The molecule has 1 aliphatic rings. The van der Waals surface area contributed by atoms with E-state index in [0.717, 1.165) is 5.57 Å². The molecule has 21 heavy (non-hydrogen) atoms. The largest absolute Gasteiger partial charge is 0.455 e. The van der Waals surface area contributed by atoms with Crippen LogP contribution in [0.15, 0.2) is 36.0 Å². The number of esters is 1. The minimum Gasteiger partial charge on any atom is -0.455 e. The average molecular weight is 293 g/mol. The Hall–Kier alpha value is -2.24. The zero-order chi connectivity index (χ0) is 15.8. The Bertz CT molecular complexity index is 504. The van der Waals surface area contributed by atoms with Crippen molar-refractivity contribution in [2.45, 2.75) is 45.3 Å². The third kappa shape index (κ3) is 6.65. The normalized spacial score (nSPS) is 20.3. The second-order valence-electron chi connectivity index (χ2n) is 4.94. The van der Waals surface area contributed by atoms with Crippen LogP contribution in [0.4, 0.5) is 0 Å². The maximum absolute atomic E-state index is 11.6. The van der Waals surface area contributed by atoms with Gasteiger partial charge in [0.15, 0.2) is 5.78 Å². The van der Waals surface area contributed by atoms with Gasteiger partial charge in [-0.15, -0.1) is 0 Å². The molecule has 6 heteroatoms. The molecule has 0 heterocycles. The van der Waals surface area contributed by atoms with Crippen molar-refractivity contribution in [3.63, 3.8) is 0 Å². The van der Waals surface area contributed by atoms with Gasteiger partial charge < -0.3 is 4.74 Å². The molecule has 0 aromatic rings. The number of allylic oxidation sites excluding steroid dienone is 3. The van der Waals surface area contributed by atoms with Crippen molar-refractivity contribution in [2.24, 2.45) is 0 Å². The Morgan fingerprint density at radius 2 is 2.19 bits per heavy atom. The Balaban J connectivity index is 2.49. The van der Waals surface area contributed by atoms with E-state index in [1.165, 1.54) is 25.2 Å². The van der Waals surface area contributed by atoms with E-state index >= 15 is 0 Å². The first kappa shape index (κ1) is 16.8. The van der Waals surface area contributed by atoms with Crippen LogP contribution >= 0.6 is 0 Å². The van der Waals surface area contributed by atoms with Gasteiger partial charge in [0.05, 0.1) is 0 Å². The molecule has 1 aliphatic carbocycles. The zero-order valence-electron chi connectivity index (χ0n) is 12.2. The van der Waals surface area contributed by atoms with E-state index in [9.17, 15) is 19.7 Å². The summed E-state index contributed by atoms with van der Waals surface area (Å²) in [6, 6.07) is -0.580. The Kier molecular flexibility index (Phi) is 6.52. The van der Waals surface area contributed by atoms with Crippen LogP contribution in [0.3, 0.4) is 0 Å². The van der Waals surface area contributed by atoms with E-state index in [0.29, 0.717) is 19.3 Å². The number of carbonyl (C=O) groups is 2. The van der Waals surface area contributed by atoms with Gasteiger partial charge in [-0.2, -0.15) is 0 Å². The molecule has 1 rings (SSSR count). The summed E-state index contributed by atoms with van der Waals surface area (Å²) in [5.74, 6) is -0.661. The summed E-state index contributed by atoms with van der Waals surface area (Å²) < 4.78 is 5.04. The number of carbonyl (C=O) groups excluding carboxylic acids is 2. The number of rotatable bonds is 6. The lowest BCUT2D eigenvalue weighted by molar-refractivity contribution is -0.523. The van der Waals surface area contributed by atoms with Crippen molar-refractivity contribution in [3.05, 3.63) is 46.1 Å². The Labute approximate surface area is 123 Å². The van der Waals surface area contributed by atoms with Crippen LogP contribution in [0.2, 0.25) is 0 Å². The van der Waals surface area contributed by atoms with Crippen molar-refractivity contribution in [3.8, 4) is 0 Å². The van der Waals surface area contributed by atoms with Crippen molar-refractivity contribution in [1.29, 1.82) is 0 Å². The molecule has 1 unspecified atom stereocenters. The topological polar surface area (TPSA) is 86.5 Å². The molecule has 0 aromatic heterocycles. The molecule has 0 radical (unpaired) electrons. The predicted molar refractivity (Wildman–Crippen MR) is 77.2 cm³/mol. The SMILES string of the molecule is CC(=O)C=C[C@@H](C)OC(=O)/C=C/C1=CCCC([N+](=O)[O-])C1. The molecule has 0 N–H and O–H groups in total. The van der Waals surface area contributed by atoms with Gasteiger partial charge in [-0.05, 0) is 38.0 Å². The molecule has 0 bridgehead atoms. The molecule has 0 aromatic carbocycles. The van der Waals surface area contributed by atoms with Crippen LogP contribution in [0.5, 0.6) is 0 Å². The number of hydrogen-bond acceptors (Lipinski definition) is 5. The molecular formula is C15H19NO5. The predicted octanol–water partition coefficient (Wildman–Crippen LogP) is 2.38. The van der Waals surface area contributed by atoms with E-state index in [-0.39, 0.29) is 10.7 Å². The lowest BCUT2D eigenvalue weighted by Crippen LogP contribution is -2.22. The van der Waals surface area contributed by atoms with E-state index in [1.807, 2.05) is 6.08 Å². The molecule has 0 aliphatic heterocycles. The van der Waals surface area contributed by atoms with Crippen molar-refractivity contribution >= 4 is 11.8 Å². The quantitative estimate of drug-likeness (QED) is 0.325. The van der Waals surface area contributed by atoms with Crippen molar-refractivity contribution in [1.82, 2.24) is 0 Å². The number of hydrogen-bond donors (Lipinski definition) is 0. The molecule has 0 saturated carbocycles. The summed E-state index contributed by atoms with van der Waals surface area (Å²) in [4.78, 5) is 32.8. The molecule has 0 amide bonds. The number of nitrogens with zero attached hydrogens (tertiary/aromatic N) is 1. The standard InChI is InChI=1S/C15H19NO5/c1-11(17)6-7-12(2)21-15(18)9-8-13-4-3-5-14(10-13)16(19)20/h4,6-9,12,14H,3,5,10H2,1-2H3/b7-6?,9-8+/t12-,14?/m1/s1. The molecule has 0 fully saturated rings. The fourth-order valence-corrected chi connectivity index (χ4v) is 1.94. The Morgan fingerprint density at radius 3 is 2.81 bits per heavy atom. The highest BCUT2D eigenvalue weighted by molar-refractivity contribution is 5.87. The van der Waals surface area contributed by atoms with E-state index < -0.39 is 18.1 Å². The van der Waals surface area contributed by atoms with Crippen LogP contribution in [-0.2, 0) is 14.3 Å². The van der Waals surface area contributed by atoms with Crippen LogP contribution in [0.25, 0.3) is 0 Å². The first-order valence-corrected chi connectivity index (χ1v) is 6.78. The summed E-state index contributed by atoms with van der Waals surface area (Å²) in [7, 11) is 0. The number of ether oxygens (including phenoxy) is 1. The molecule has 0 spiro atoms. The van der Waals surface area contributed by atoms with Gasteiger partial charge in [0.2, 0.25) is 6.04 Å². The molecule has 2 atom stereocenters. The van der Waals surface area contributed by atoms with Gasteiger partial charge in [-0.3, -0.25) is 14.9 Å². The first-order valence-electron chi connectivity index (χ1n) is 6.78. The first-order chi connectivity index (χ1) is 9.88. The Morgan fingerprint density at radius 1 is 1.48 bits per heavy atom. The highest BCUT2D eigenvalue weighted by Crippen LogP contribution is 2.21. The van der Waals surface area contributed by atoms with E-state index in [1.54, 1.807) is 13.0 Å². The van der Waals surface area contributed by atoms with Crippen LogP contribution < -0.4 is 0 Å². The van der Waals surface area contributed by atoms with Crippen molar-refractivity contribution < 1.29 is 19.2 Å². The van der Waals surface area contributed by atoms with Gasteiger partial charge in [-0.1, -0.05) is 12.2 Å². The second kappa shape index (κ2) is 8.14. The van der Waals surface area contributed by atoms with Gasteiger partial charge >= 0.3 is 5.97 Å². The van der Waals surface area contributed by atoms with Crippen molar-refractivity contribution in [2.75, 3.05) is 0 Å². The maximum atomic E-state index is 11.6. The van der Waals surface area contributed by atoms with E-state index in [2.05, 4.69) is 0 Å². The summed E-state index contributed by atoms with van der Waals surface area (Å²) in [5, 5.41) is 10.7. The summed E-state index contributed by atoms with van der Waals surface area (Å²) in [5.41, 5.74) is 0.770. The summed E-state index contributed by atoms with van der Waals surface area (Å²) in [6.07, 6.45) is 8.53. The fraction of sp³-hybridized carbons (Fsp3) is 0.467. The number of ketones is 1. The van der Waals surface area contributed by atoms with Crippen LogP contribution in [-0.4, -0.2) is 28.8 Å². The lowest BCUT2D eigenvalue weighted by atomic mass is 9.95. The van der Waals surface area contributed by atoms with E-state index in [4.69, 9.17) is 4.74 Å². The summed E-state index contributed by atoms with van der Waals surface area (Å²) >= 11 is 0. The summed E-state index contributed by atoms with van der Waals surface area (Å²) in [6.45, 7) is 3.06. The third-order valence-corrected chi connectivity index (χ3v) is 3.01. The second-order valence-corrected chi connectivity index (χ2v) is 4.94. The molecule has 6 nitrogen and oxygen atoms in total. The highest BCUT2D eigenvalue weighted by atomic mass is 16.6. The van der Waals surface area contributed by atoms with Gasteiger partial charge in [0.25, 0.3) is 0 Å². The van der Waals surface area contributed by atoms with Crippen LogP contribution in [0.1, 0.15) is 33.1 Å². The van der Waals surface area contributed by atoms with Gasteiger partial charge in [0, 0.05) is 23.8 Å². The minimum atomic E-state index is -0.580. The third-order valence-electron chi connectivity index (χ3n) is 3.01. The molecular weight excluding hydrogens is 274 g/mol. The lowest BCUT2D eigenvalue weighted by Gasteiger charge is -2.14. The maximum Gasteiger partial charge on any atom is 0.331 e.